The van der Waals surface area contributed by atoms with Gasteiger partial charge in [0.2, 0.25) is 0 Å². The fraction of sp³-hybridized carbons (Fsp3) is 0.400. The Bertz CT molecular complexity index is 577. The minimum atomic E-state index is 0.330. The molecule has 0 saturated heterocycles. The molecule has 1 aromatic heterocycles. The topological polar surface area (TPSA) is 50.1 Å². The van der Waals surface area contributed by atoms with Gasteiger partial charge in [-0.1, -0.05) is 6.07 Å². The smallest absolute Gasteiger partial charge is 0.115 e. The largest absolute Gasteiger partial charge is 0.508 e. The summed E-state index contributed by atoms with van der Waals surface area (Å²) in [5.74, 6) is 0.355. The van der Waals surface area contributed by atoms with Crippen LogP contribution in [0.4, 0.5) is 0 Å². The van der Waals surface area contributed by atoms with E-state index in [1.807, 2.05) is 30.1 Å². The summed E-state index contributed by atoms with van der Waals surface area (Å²) < 4.78 is 1.84. The Morgan fingerprint density at radius 1 is 1.47 bits per heavy atom. The molecule has 1 aliphatic heterocycles. The van der Waals surface area contributed by atoms with Gasteiger partial charge < -0.3 is 10.4 Å². The minimum Gasteiger partial charge on any atom is -0.508 e. The molecule has 0 amide bonds. The molecule has 19 heavy (non-hydrogen) atoms. The molecule has 100 valence electrons. The van der Waals surface area contributed by atoms with Gasteiger partial charge in [0, 0.05) is 19.3 Å². The van der Waals surface area contributed by atoms with Gasteiger partial charge in [0.1, 0.15) is 5.75 Å². The summed E-state index contributed by atoms with van der Waals surface area (Å²) in [7, 11) is 1.94. The van der Waals surface area contributed by atoms with Gasteiger partial charge in [-0.2, -0.15) is 5.10 Å². The maximum absolute atomic E-state index is 9.65. The monoisotopic (exact) mass is 257 g/mol. The van der Waals surface area contributed by atoms with Crippen molar-refractivity contribution in [3.63, 3.8) is 0 Å². The first-order valence-corrected chi connectivity index (χ1v) is 6.75. The summed E-state index contributed by atoms with van der Waals surface area (Å²) in [6.45, 7) is 1.01. The number of aromatic hydroxyl groups is 1. The summed E-state index contributed by atoms with van der Waals surface area (Å²) in [5, 5.41) is 17.4. The fourth-order valence-corrected chi connectivity index (χ4v) is 2.79. The van der Waals surface area contributed by atoms with Crippen LogP contribution < -0.4 is 5.32 Å². The summed E-state index contributed by atoms with van der Waals surface area (Å²) in [5.41, 5.74) is 3.86. The van der Waals surface area contributed by atoms with Crippen molar-refractivity contribution in [2.24, 2.45) is 7.05 Å². The lowest BCUT2D eigenvalue weighted by Crippen LogP contribution is -2.30. The van der Waals surface area contributed by atoms with Gasteiger partial charge in [-0.25, -0.2) is 0 Å². The Balaban J connectivity index is 1.74. The average Bonchev–Trinajstić information content (AvgIpc) is 2.82. The highest BCUT2D eigenvalue weighted by molar-refractivity contribution is 5.38. The summed E-state index contributed by atoms with van der Waals surface area (Å²) in [6.07, 6.45) is 7.06. The van der Waals surface area contributed by atoms with Crippen molar-refractivity contribution in [2.45, 2.75) is 25.3 Å². The molecule has 2 heterocycles. The third-order valence-electron chi connectivity index (χ3n) is 3.77. The Morgan fingerprint density at radius 2 is 2.37 bits per heavy atom. The number of aryl methyl sites for hydroxylation is 2. The molecule has 1 unspecified atom stereocenters. The molecule has 4 nitrogen and oxygen atoms in total. The number of nitrogens with zero attached hydrogens (tertiary/aromatic N) is 2. The second-order valence-corrected chi connectivity index (χ2v) is 5.20. The second kappa shape index (κ2) is 5.05. The number of nitrogens with one attached hydrogen (secondary N) is 1. The maximum Gasteiger partial charge on any atom is 0.115 e. The Kier molecular flexibility index (Phi) is 3.25. The first kappa shape index (κ1) is 12.2. The average molecular weight is 257 g/mol. The lowest BCUT2D eigenvalue weighted by molar-refractivity contribution is 0.455. The van der Waals surface area contributed by atoms with Gasteiger partial charge in [0.05, 0.1) is 6.20 Å². The van der Waals surface area contributed by atoms with Gasteiger partial charge >= 0.3 is 0 Å². The zero-order valence-corrected chi connectivity index (χ0v) is 11.1. The predicted octanol–water partition coefficient (Wildman–Crippen LogP) is 1.95. The number of hydrogen-bond donors (Lipinski definition) is 2. The van der Waals surface area contributed by atoms with Crippen LogP contribution in [0.25, 0.3) is 0 Å². The SMILES string of the molecule is Cn1cc(CCC2NCCc3ccc(O)cc32)cn1. The van der Waals surface area contributed by atoms with E-state index in [1.165, 1.54) is 16.7 Å². The first-order chi connectivity index (χ1) is 9.22. The van der Waals surface area contributed by atoms with Crippen molar-refractivity contribution in [1.82, 2.24) is 15.1 Å². The molecule has 1 aliphatic rings. The van der Waals surface area contributed by atoms with Crippen LogP contribution in [-0.2, 0) is 19.9 Å². The van der Waals surface area contributed by atoms with Crippen molar-refractivity contribution in [3.05, 3.63) is 47.3 Å². The molecule has 1 atom stereocenters. The van der Waals surface area contributed by atoms with Crippen LogP contribution in [0.3, 0.4) is 0 Å². The Labute approximate surface area is 113 Å². The number of rotatable bonds is 3. The first-order valence-electron chi connectivity index (χ1n) is 6.75. The highest BCUT2D eigenvalue weighted by atomic mass is 16.3. The normalized spacial score (nSPS) is 18.3. The van der Waals surface area contributed by atoms with Crippen LogP contribution in [0.5, 0.6) is 5.75 Å². The Hall–Kier alpha value is -1.81. The molecule has 3 rings (SSSR count). The van der Waals surface area contributed by atoms with Crippen molar-refractivity contribution in [1.29, 1.82) is 0 Å². The van der Waals surface area contributed by atoms with E-state index in [2.05, 4.69) is 16.6 Å². The van der Waals surface area contributed by atoms with E-state index >= 15 is 0 Å². The van der Waals surface area contributed by atoms with Crippen LogP contribution in [0, 0.1) is 0 Å². The third-order valence-corrected chi connectivity index (χ3v) is 3.77. The molecule has 0 radical (unpaired) electrons. The van der Waals surface area contributed by atoms with E-state index in [0.717, 1.165) is 25.8 Å². The van der Waals surface area contributed by atoms with E-state index in [4.69, 9.17) is 0 Å². The van der Waals surface area contributed by atoms with E-state index < -0.39 is 0 Å². The molecule has 4 heteroatoms. The number of aromatic nitrogens is 2. The molecule has 2 aromatic rings. The van der Waals surface area contributed by atoms with Crippen molar-refractivity contribution >= 4 is 0 Å². The van der Waals surface area contributed by atoms with Crippen LogP contribution in [0.1, 0.15) is 29.2 Å². The van der Waals surface area contributed by atoms with Crippen molar-refractivity contribution in [2.75, 3.05) is 6.54 Å². The van der Waals surface area contributed by atoms with Gasteiger partial charge in [0.15, 0.2) is 0 Å². The van der Waals surface area contributed by atoms with Crippen LogP contribution in [-0.4, -0.2) is 21.4 Å². The number of hydrogen-bond acceptors (Lipinski definition) is 3. The van der Waals surface area contributed by atoms with Gasteiger partial charge in [-0.3, -0.25) is 4.68 Å². The predicted molar refractivity (Wildman–Crippen MR) is 74.1 cm³/mol. The number of fused-ring (bicyclic) bond motifs is 1. The molecule has 0 saturated carbocycles. The molecule has 0 aliphatic carbocycles. The second-order valence-electron chi connectivity index (χ2n) is 5.20. The number of phenolic OH excluding ortho intramolecular Hbond substituents is 1. The van der Waals surface area contributed by atoms with Gasteiger partial charge in [-0.15, -0.1) is 0 Å². The molecule has 0 spiro atoms. The maximum atomic E-state index is 9.65. The van der Waals surface area contributed by atoms with E-state index in [9.17, 15) is 5.11 Å². The molecule has 2 N–H and O–H groups in total. The van der Waals surface area contributed by atoms with E-state index in [1.54, 1.807) is 6.07 Å². The highest BCUT2D eigenvalue weighted by Crippen LogP contribution is 2.29. The summed E-state index contributed by atoms with van der Waals surface area (Å²) in [4.78, 5) is 0. The highest BCUT2D eigenvalue weighted by Gasteiger charge is 2.19. The van der Waals surface area contributed by atoms with Crippen LogP contribution in [0.2, 0.25) is 0 Å². The third kappa shape index (κ3) is 2.63. The molecular formula is C15H19N3O. The molecule has 1 aromatic carbocycles. The van der Waals surface area contributed by atoms with E-state index in [0.29, 0.717) is 11.8 Å². The number of phenols is 1. The number of benzene rings is 1. The summed E-state index contributed by atoms with van der Waals surface area (Å²) >= 11 is 0. The van der Waals surface area contributed by atoms with E-state index in [-0.39, 0.29) is 0 Å². The summed E-state index contributed by atoms with van der Waals surface area (Å²) in [6, 6.07) is 6.05. The molecule has 0 bridgehead atoms. The molecule has 0 fully saturated rings. The van der Waals surface area contributed by atoms with Crippen molar-refractivity contribution < 1.29 is 5.11 Å². The lowest BCUT2D eigenvalue weighted by atomic mass is 9.91. The Morgan fingerprint density at radius 3 is 3.16 bits per heavy atom. The minimum absolute atomic E-state index is 0.330. The van der Waals surface area contributed by atoms with Crippen molar-refractivity contribution in [3.8, 4) is 5.75 Å². The standard InChI is InChI=1S/C15H19N3O/c1-18-10-11(9-17-18)2-5-15-14-8-13(19)4-3-12(14)6-7-16-15/h3-4,8-10,15-16,19H,2,5-7H2,1H3. The zero-order chi connectivity index (χ0) is 13.2. The van der Waals surface area contributed by atoms with Crippen LogP contribution >= 0.6 is 0 Å². The lowest BCUT2D eigenvalue weighted by Gasteiger charge is -2.27. The fourth-order valence-electron chi connectivity index (χ4n) is 2.79. The quantitative estimate of drug-likeness (QED) is 0.883. The zero-order valence-electron chi connectivity index (χ0n) is 11.1. The molecular weight excluding hydrogens is 238 g/mol. The van der Waals surface area contributed by atoms with Gasteiger partial charge in [-0.05, 0) is 54.6 Å². The van der Waals surface area contributed by atoms with Crippen LogP contribution in [0.15, 0.2) is 30.6 Å². The van der Waals surface area contributed by atoms with Gasteiger partial charge in [0.25, 0.3) is 0 Å².